The molecule has 0 saturated carbocycles. The van der Waals surface area contributed by atoms with E-state index in [-0.39, 0.29) is 23.0 Å². The van der Waals surface area contributed by atoms with Gasteiger partial charge in [-0.05, 0) is 41.3 Å². The topological polar surface area (TPSA) is 64.6 Å². The first-order valence-electron chi connectivity index (χ1n) is 9.30. The SMILES string of the molecule is CC(C)(C)c1ccc(C(=O)NC(=O)CSc2ccc3c(c2)OCCCO3)cc1. The third kappa shape index (κ3) is 5.29. The number of carbonyl (C=O) groups is 2. The van der Waals surface area contributed by atoms with E-state index in [1.165, 1.54) is 11.8 Å². The Bertz CT molecular complexity index is 856. The molecule has 148 valence electrons. The van der Waals surface area contributed by atoms with E-state index in [1.807, 2.05) is 30.3 Å². The van der Waals surface area contributed by atoms with Crippen molar-refractivity contribution in [2.24, 2.45) is 0 Å². The number of carbonyl (C=O) groups excluding carboxylic acids is 2. The number of hydrogen-bond acceptors (Lipinski definition) is 5. The quantitative estimate of drug-likeness (QED) is 0.781. The molecule has 1 aliphatic heterocycles. The van der Waals surface area contributed by atoms with E-state index >= 15 is 0 Å². The van der Waals surface area contributed by atoms with Gasteiger partial charge in [-0.15, -0.1) is 11.8 Å². The minimum Gasteiger partial charge on any atom is -0.490 e. The van der Waals surface area contributed by atoms with Crippen LogP contribution in [0.3, 0.4) is 0 Å². The Morgan fingerprint density at radius 2 is 1.68 bits per heavy atom. The fraction of sp³-hybridized carbons (Fsp3) is 0.364. The number of benzene rings is 2. The first kappa shape index (κ1) is 20.3. The zero-order valence-electron chi connectivity index (χ0n) is 16.4. The van der Waals surface area contributed by atoms with Crippen molar-refractivity contribution in [3.63, 3.8) is 0 Å². The fourth-order valence-corrected chi connectivity index (χ4v) is 3.46. The van der Waals surface area contributed by atoms with E-state index < -0.39 is 0 Å². The largest absolute Gasteiger partial charge is 0.490 e. The lowest BCUT2D eigenvalue weighted by atomic mass is 9.87. The lowest BCUT2D eigenvalue weighted by Gasteiger charge is -2.19. The second-order valence-electron chi connectivity index (χ2n) is 7.65. The highest BCUT2D eigenvalue weighted by molar-refractivity contribution is 8.00. The van der Waals surface area contributed by atoms with E-state index in [9.17, 15) is 9.59 Å². The van der Waals surface area contributed by atoms with Crippen LogP contribution in [0.1, 0.15) is 43.1 Å². The Morgan fingerprint density at radius 3 is 2.36 bits per heavy atom. The van der Waals surface area contributed by atoms with Gasteiger partial charge in [-0.1, -0.05) is 32.9 Å². The van der Waals surface area contributed by atoms with Crippen molar-refractivity contribution in [1.29, 1.82) is 0 Å². The summed E-state index contributed by atoms with van der Waals surface area (Å²) in [7, 11) is 0. The third-order valence-electron chi connectivity index (χ3n) is 4.35. The van der Waals surface area contributed by atoms with Gasteiger partial charge in [-0.25, -0.2) is 0 Å². The van der Waals surface area contributed by atoms with E-state index in [2.05, 4.69) is 26.1 Å². The molecule has 0 atom stereocenters. The molecule has 1 aliphatic rings. The highest BCUT2D eigenvalue weighted by Gasteiger charge is 2.16. The lowest BCUT2D eigenvalue weighted by molar-refractivity contribution is -0.117. The summed E-state index contributed by atoms with van der Waals surface area (Å²) in [6.45, 7) is 7.60. The van der Waals surface area contributed by atoms with Gasteiger partial charge in [0.05, 0.1) is 19.0 Å². The monoisotopic (exact) mass is 399 g/mol. The van der Waals surface area contributed by atoms with Crippen LogP contribution < -0.4 is 14.8 Å². The summed E-state index contributed by atoms with van der Waals surface area (Å²) in [6.07, 6.45) is 0.846. The van der Waals surface area contributed by atoms with Crippen molar-refractivity contribution in [3.05, 3.63) is 53.6 Å². The van der Waals surface area contributed by atoms with Crippen LogP contribution in [0, 0.1) is 0 Å². The molecule has 0 radical (unpaired) electrons. The molecule has 2 aromatic carbocycles. The predicted molar refractivity (Wildman–Crippen MR) is 110 cm³/mol. The summed E-state index contributed by atoms with van der Waals surface area (Å²) in [5.74, 6) is 0.843. The van der Waals surface area contributed by atoms with Gasteiger partial charge >= 0.3 is 0 Å². The summed E-state index contributed by atoms with van der Waals surface area (Å²) in [5.41, 5.74) is 1.63. The van der Waals surface area contributed by atoms with Crippen LogP contribution in [-0.4, -0.2) is 30.8 Å². The minimum atomic E-state index is -0.385. The molecule has 1 heterocycles. The smallest absolute Gasteiger partial charge is 0.257 e. The summed E-state index contributed by atoms with van der Waals surface area (Å²) in [6, 6.07) is 12.9. The van der Waals surface area contributed by atoms with Gasteiger partial charge in [0.25, 0.3) is 5.91 Å². The average Bonchev–Trinajstić information content (AvgIpc) is 2.90. The Labute approximate surface area is 169 Å². The fourth-order valence-electron chi connectivity index (χ4n) is 2.74. The second kappa shape index (κ2) is 8.69. The van der Waals surface area contributed by atoms with Crippen molar-refractivity contribution < 1.29 is 19.1 Å². The minimum absolute atomic E-state index is 0.0180. The Morgan fingerprint density at radius 1 is 1.00 bits per heavy atom. The van der Waals surface area contributed by atoms with Gasteiger partial charge in [-0.2, -0.15) is 0 Å². The summed E-state index contributed by atoms with van der Waals surface area (Å²) in [5, 5.41) is 2.44. The number of thioether (sulfide) groups is 1. The molecular weight excluding hydrogens is 374 g/mol. The van der Waals surface area contributed by atoms with Gasteiger partial charge in [0.1, 0.15) is 0 Å². The van der Waals surface area contributed by atoms with Gasteiger partial charge in [0.2, 0.25) is 5.91 Å². The van der Waals surface area contributed by atoms with Crippen molar-refractivity contribution in [2.45, 2.75) is 37.5 Å². The molecule has 0 fully saturated rings. The van der Waals surface area contributed by atoms with Crippen LogP contribution in [0.2, 0.25) is 0 Å². The van der Waals surface area contributed by atoms with Crippen LogP contribution in [-0.2, 0) is 10.2 Å². The normalized spacial score (nSPS) is 13.5. The van der Waals surface area contributed by atoms with Gasteiger partial charge < -0.3 is 9.47 Å². The van der Waals surface area contributed by atoms with E-state index in [0.717, 1.165) is 22.6 Å². The number of fused-ring (bicyclic) bond motifs is 1. The zero-order valence-corrected chi connectivity index (χ0v) is 17.2. The van der Waals surface area contributed by atoms with Crippen LogP contribution in [0.25, 0.3) is 0 Å². The Kier molecular flexibility index (Phi) is 6.29. The Hall–Kier alpha value is -2.47. The van der Waals surface area contributed by atoms with Gasteiger partial charge in [0, 0.05) is 16.9 Å². The molecule has 2 amide bonds. The zero-order chi connectivity index (χ0) is 20.1. The van der Waals surface area contributed by atoms with E-state index in [0.29, 0.717) is 24.5 Å². The molecule has 0 bridgehead atoms. The van der Waals surface area contributed by atoms with Gasteiger partial charge in [-0.3, -0.25) is 14.9 Å². The van der Waals surface area contributed by atoms with Gasteiger partial charge in [0.15, 0.2) is 11.5 Å². The molecule has 0 saturated heterocycles. The van der Waals surface area contributed by atoms with Crippen molar-refractivity contribution in [3.8, 4) is 11.5 Å². The molecule has 28 heavy (non-hydrogen) atoms. The van der Waals surface area contributed by atoms with Crippen molar-refractivity contribution in [2.75, 3.05) is 19.0 Å². The number of imide groups is 1. The highest BCUT2D eigenvalue weighted by Crippen LogP contribution is 2.33. The first-order valence-corrected chi connectivity index (χ1v) is 10.3. The predicted octanol–water partition coefficient (Wildman–Crippen LogP) is 4.19. The van der Waals surface area contributed by atoms with Crippen LogP contribution in [0.15, 0.2) is 47.4 Å². The molecule has 3 rings (SSSR count). The van der Waals surface area contributed by atoms with E-state index in [4.69, 9.17) is 9.47 Å². The number of amides is 2. The third-order valence-corrected chi connectivity index (χ3v) is 5.35. The molecule has 5 nitrogen and oxygen atoms in total. The summed E-state index contributed by atoms with van der Waals surface area (Å²) >= 11 is 1.35. The molecule has 0 unspecified atom stereocenters. The summed E-state index contributed by atoms with van der Waals surface area (Å²) in [4.78, 5) is 25.3. The molecule has 0 spiro atoms. The number of ether oxygens (including phenoxy) is 2. The Balaban J connectivity index is 1.54. The first-order chi connectivity index (χ1) is 13.3. The maximum atomic E-state index is 12.3. The lowest BCUT2D eigenvalue weighted by Crippen LogP contribution is -2.31. The molecule has 0 aromatic heterocycles. The van der Waals surface area contributed by atoms with Crippen molar-refractivity contribution in [1.82, 2.24) is 5.32 Å². The van der Waals surface area contributed by atoms with Crippen molar-refractivity contribution >= 4 is 23.6 Å². The second-order valence-corrected chi connectivity index (χ2v) is 8.70. The maximum Gasteiger partial charge on any atom is 0.257 e. The van der Waals surface area contributed by atoms with E-state index in [1.54, 1.807) is 12.1 Å². The van der Waals surface area contributed by atoms with Crippen LogP contribution in [0.5, 0.6) is 11.5 Å². The van der Waals surface area contributed by atoms with Crippen LogP contribution in [0.4, 0.5) is 0 Å². The number of nitrogens with one attached hydrogen (secondary N) is 1. The molecule has 0 aliphatic carbocycles. The molecule has 1 N–H and O–H groups in total. The number of hydrogen-bond donors (Lipinski definition) is 1. The molecule has 6 heteroatoms. The highest BCUT2D eigenvalue weighted by atomic mass is 32.2. The molecule has 2 aromatic rings. The summed E-state index contributed by atoms with van der Waals surface area (Å²) < 4.78 is 11.3. The number of rotatable bonds is 4. The maximum absolute atomic E-state index is 12.3. The average molecular weight is 400 g/mol. The molecular formula is C22H25NO4S. The standard InChI is InChI=1S/C22H25NO4S/c1-22(2,3)16-7-5-15(6-8-16)21(25)23-20(24)14-28-17-9-10-18-19(13-17)27-12-4-11-26-18/h5-10,13H,4,11-12,14H2,1-3H3,(H,23,24,25). The van der Waals surface area contributed by atoms with Crippen LogP contribution >= 0.6 is 11.8 Å².